The molecule has 0 amide bonds. The molecule has 48 valence electrons. The Morgan fingerprint density at radius 3 is 2.50 bits per heavy atom. The topological polar surface area (TPSA) is 73.6 Å². The van der Waals surface area contributed by atoms with E-state index in [-0.39, 0.29) is 0 Å². The van der Waals surface area contributed by atoms with Crippen LogP contribution in [-0.4, -0.2) is 0 Å². The highest BCUT2D eigenvalue weighted by Crippen LogP contribution is 2.22. The van der Waals surface area contributed by atoms with Gasteiger partial charge in [-0.05, 0) is 0 Å². The molecule has 0 unspecified atom stereocenters. The minimum Gasteiger partial charge on any atom is -0.397 e. The standard InChI is InChI=1S/C6H3N3S/c7-1-4-5(9)3-10-6(4)2-8/h3H,9H2. The summed E-state index contributed by atoms with van der Waals surface area (Å²) >= 11 is 1.19. The fourth-order valence-corrected chi connectivity index (χ4v) is 1.27. The van der Waals surface area contributed by atoms with Crippen LogP contribution in [0, 0.1) is 22.7 Å². The second kappa shape index (κ2) is 2.38. The lowest BCUT2D eigenvalue weighted by atomic mass is 10.2. The second-order valence-electron chi connectivity index (χ2n) is 1.62. The largest absolute Gasteiger partial charge is 0.397 e. The molecule has 10 heavy (non-hydrogen) atoms. The van der Waals surface area contributed by atoms with Crippen LogP contribution in [0.15, 0.2) is 5.38 Å². The molecule has 0 saturated heterocycles. The van der Waals surface area contributed by atoms with Gasteiger partial charge >= 0.3 is 0 Å². The lowest BCUT2D eigenvalue weighted by molar-refractivity contribution is 1.48. The highest BCUT2D eigenvalue weighted by molar-refractivity contribution is 7.11. The molecule has 0 aliphatic carbocycles. The van der Waals surface area contributed by atoms with E-state index in [9.17, 15) is 0 Å². The Kier molecular flexibility index (Phi) is 1.57. The molecule has 0 bridgehead atoms. The third kappa shape index (κ3) is 0.812. The first-order valence-electron chi connectivity index (χ1n) is 2.46. The van der Waals surface area contributed by atoms with Gasteiger partial charge in [0.1, 0.15) is 22.6 Å². The zero-order valence-corrected chi connectivity index (χ0v) is 5.77. The molecule has 0 aromatic carbocycles. The Hall–Kier alpha value is -1.52. The average molecular weight is 149 g/mol. The summed E-state index contributed by atoms with van der Waals surface area (Å²) in [6, 6.07) is 3.74. The summed E-state index contributed by atoms with van der Waals surface area (Å²) in [5.74, 6) is 0. The predicted molar refractivity (Wildman–Crippen MR) is 38.2 cm³/mol. The molecule has 4 heteroatoms. The SMILES string of the molecule is N#Cc1scc(N)c1C#N. The van der Waals surface area contributed by atoms with Crippen molar-refractivity contribution in [3.05, 3.63) is 15.8 Å². The van der Waals surface area contributed by atoms with Crippen molar-refractivity contribution >= 4 is 17.0 Å². The highest BCUT2D eigenvalue weighted by atomic mass is 32.1. The van der Waals surface area contributed by atoms with Crippen LogP contribution in [0.3, 0.4) is 0 Å². The lowest BCUT2D eigenvalue weighted by Gasteiger charge is -1.82. The van der Waals surface area contributed by atoms with Crippen LogP contribution in [-0.2, 0) is 0 Å². The first-order valence-corrected chi connectivity index (χ1v) is 3.34. The number of nitrogen functional groups attached to an aromatic ring is 1. The van der Waals surface area contributed by atoms with Crippen LogP contribution in [0.5, 0.6) is 0 Å². The van der Waals surface area contributed by atoms with E-state index in [4.69, 9.17) is 16.3 Å². The number of hydrogen-bond acceptors (Lipinski definition) is 4. The van der Waals surface area contributed by atoms with Crippen LogP contribution < -0.4 is 5.73 Å². The average Bonchev–Trinajstić information content (AvgIpc) is 2.30. The second-order valence-corrected chi connectivity index (χ2v) is 2.50. The summed E-state index contributed by atoms with van der Waals surface area (Å²) in [6.07, 6.45) is 0. The molecule has 1 heterocycles. The summed E-state index contributed by atoms with van der Waals surface area (Å²) in [6.45, 7) is 0. The summed E-state index contributed by atoms with van der Waals surface area (Å²) < 4.78 is 0. The fourth-order valence-electron chi connectivity index (χ4n) is 0.569. The van der Waals surface area contributed by atoms with Gasteiger partial charge in [0, 0.05) is 5.38 Å². The number of rotatable bonds is 0. The van der Waals surface area contributed by atoms with Gasteiger partial charge in [-0.15, -0.1) is 11.3 Å². The van der Waals surface area contributed by atoms with Gasteiger partial charge < -0.3 is 5.73 Å². The quantitative estimate of drug-likeness (QED) is 0.599. The van der Waals surface area contributed by atoms with Crippen molar-refractivity contribution in [2.45, 2.75) is 0 Å². The molecule has 1 aromatic heterocycles. The Morgan fingerprint density at radius 1 is 1.40 bits per heavy atom. The molecule has 1 aromatic rings. The van der Waals surface area contributed by atoms with Gasteiger partial charge in [0.05, 0.1) is 5.69 Å². The van der Waals surface area contributed by atoms with E-state index >= 15 is 0 Å². The first kappa shape index (κ1) is 6.60. The molecule has 3 nitrogen and oxygen atoms in total. The van der Waals surface area contributed by atoms with Gasteiger partial charge in [0.25, 0.3) is 0 Å². The normalized spacial score (nSPS) is 8.20. The maximum atomic E-state index is 8.44. The van der Waals surface area contributed by atoms with E-state index in [1.54, 1.807) is 5.38 Å². The van der Waals surface area contributed by atoms with Gasteiger partial charge in [0.15, 0.2) is 0 Å². The molecule has 0 saturated carbocycles. The molecule has 0 spiro atoms. The number of nitrogens with zero attached hydrogens (tertiary/aromatic N) is 2. The molecular formula is C6H3N3S. The summed E-state index contributed by atoms with van der Waals surface area (Å²) in [7, 11) is 0. The third-order valence-electron chi connectivity index (χ3n) is 1.03. The van der Waals surface area contributed by atoms with E-state index in [1.807, 2.05) is 12.1 Å². The Morgan fingerprint density at radius 2 is 2.10 bits per heavy atom. The van der Waals surface area contributed by atoms with Crippen LogP contribution in [0.2, 0.25) is 0 Å². The van der Waals surface area contributed by atoms with Gasteiger partial charge in [0.2, 0.25) is 0 Å². The molecule has 1 rings (SSSR count). The van der Waals surface area contributed by atoms with E-state index in [0.29, 0.717) is 16.1 Å². The lowest BCUT2D eigenvalue weighted by Crippen LogP contribution is -1.84. The van der Waals surface area contributed by atoms with Crippen molar-refractivity contribution in [2.75, 3.05) is 5.73 Å². The summed E-state index contributed by atoms with van der Waals surface area (Å²) in [5.41, 5.74) is 6.06. The van der Waals surface area contributed by atoms with Gasteiger partial charge in [-0.2, -0.15) is 10.5 Å². The maximum absolute atomic E-state index is 8.44. The molecule has 2 N–H and O–H groups in total. The van der Waals surface area contributed by atoms with Gasteiger partial charge in [-0.1, -0.05) is 0 Å². The molecule has 0 aliphatic heterocycles. The van der Waals surface area contributed by atoms with Gasteiger partial charge in [-0.3, -0.25) is 0 Å². The molecule has 0 radical (unpaired) electrons. The number of anilines is 1. The van der Waals surface area contributed by atoms with Crippen LogP contribution in [0.4, 0.5) is 5.69 Å². The van der Waals surface area contributed by atoms with E-state index in [1.165, 1.54) is 11.3 Å². The van der Waals surface area contributed by atoms with Crippen molar-refractivity contribution in [1.82, 2.24) is 0 Å². The monoisotopic (exact) mass is 149 g/mol. The third-order valence-corrected chi connectivity index (χ3v) is 1.94. The zero-order chi connectivity index (χ0) is 7.56. The minimum atomic E-state index is 0.299. The Labute approximate surface area is 61.9 Å². The van der Waals surface area contributed by atoms with Crippen molar-refractivity contribution < 1.29 is 0 Å². The van der Waals surface area contributed by atoms with Crippen molar-refractivity contribution in [3.63, 3.8) is 0 Å². The van der Waals surface area contributed by atoms with Crippen molar-refractivity contribution in [3.8, 4) is 12.1 Å². The summed E-state index contributed by atoms with van der Waals surface area (Å²) in [4.78, 5) is 0.389. The van der Waals surface area contributed by atoms with Gasteiger partial charge in [-0.25, -0.2) is 0 Å². The highest BCUT2D eigenvalue weighted by Gasteiger charge is 2.06. The van der Waals surface area contributed by atoms with Crippen LogP contribution in [0.1, 0.15) is 10.4 Å². The van der Waals surface area contributed by atoms with Crippen molar-refractivity contribution in [1.29, 1.82) is 10.5 Å². The Balaban J connectivity index is 3.34. The maximum Gasteiger partial charge on any atom is 0.124 e. The predicted octanol–water partition coefficient (Wildman–Crippen LogP) is 1.07. The molecule has 0 fully saturated rings. The number of nitrogens with two attached hydrogens (primary N) is 1. The smallest absolute Gasteiger partial charge is 0.124 e. The number of nitriles is 2. The van der Waals surface area contributed by atoms with E-state index in [2.05, 4.69) is 0 Å². The minimum absolute atomic E-state index is 0.299. The molecule has 0 atom stereocenters. The number of thiophene rings is 1. The molecule has 0 aliphatic rings. The zero-order valence-electron chi connectivity index (χ0n) is 4.96. The number of hydrogen-bond donors (Lipinski definition) is 1. The van der Waals surface area contributed by atoms with Crippen LogP contribution in [0.25, 0.3) is 0 Å². The summed E-state index contributed by atoms with van der Waals surface area (Å²) in [5, 5.41) is 18.5. The molecular weight excluding hydrogens is 146 g/mol. The fraction of sp³-hybridized carbons (Fsp3) is 0. The van der Waals surface area contributed by atoms with Crippen molar-refractivity contribution in [2.24, 2.45) is 0 Å². The Bertz CT molecular complexity index is 326. The van der Waals surface area contributed by atoms with E-state index < -0.39 is 0 Å². The van der Waals surface area contributed by atoms with E-state index in [0.717, 1.165) is 0 Å². The van der Waals surface area contributed by atoms with Crippen LogP contribution >= 0.6 is 11.3 Å². The first-order chi connectivity index (χ1) is 4.79.